The minimum atomic E-state index is 0.577. The molecule has 17 heavy (non-hydrogen) atoms. The maximum atomic E-state index is 5.42. The molecule has 0 spiro atoms. The van der Waals surface area contributed by atoms with Crippen LogP contribution in [0.4, 0.5) is 0 Å². The molecular weight excluding hydrogens is 278 g/mol. The lowest BCUT2D eigenvalue weighted by Gasteiger charge is -2.00. The molecule has 0 unspecified atom stereocenters. The standard InChI is InChI=1S/C14H12BrNO/c15-13-6-7-14(16-10-13)8-9-17-11-12-4-2-1-3-5-12/h1-10H,11H2. The Morgan fingerprint density at radius 1 is 1.12 bits per heavy atom. The number of pyridine rings is 1. The number of ether oxygens (including phenoxy) is 1. The second kappa shape index (κ2) is 6.21. The molecular formula is C14H12BrNO. The highest BCUT2D eigenvalue weighted by Crippen LogP contribution is 2.08. The third-order valence-corrected chi connectivity index (χ3v) is 2.65. The minimum Gasteiger partial charge on any atom is -0.496 e. The van der Waals surface area contributed by atoms with Gasteiger partial charge in [-0.05, 0) is 39.7 Å². The lowest BCUT2D eigenvalue weighted by molar-refractivity contribution is 0.239. The SMILES string of the molecule is Brc1ccc(C=COCc2ccccc2)nc1. The predicted octanol–water partition coefficient (Wildman–Crippen LogP) is 4.03. The van der Waals surface area contributed by atoms with Crippen molar-refractivity contribution in [3.8, 4) is 0 Å². The minimum absolute atomic E-state index is 0.577. The van der Waals surface area contributed by atoms with Crippen LogP contribution < -0.4 is 0 Å². The van der Waals surface area contributed by atoms with E-state index in [0.29, 0.717) is 6.61 Å². The monoisotopic (exact) mass is 289 g/mol. The summed E-state index contributed by atoms with van der Waals surface area (Å²) < 4.78 is 6.39. The molecule has 0 bridgehead atoms. The van der Waals surface area contributed by atoms with Crippen LogP contribution in [0.3, 0.4) is 0 Å². The van der Waals surface area contributed by atoms with E-state index in [4.69, 9.17) is 4.74 Å². The molecule has 0 aliphatic rings. The molecule has 0 amide bonds. The van der Waals surface area contributed by atoms with E-state index in [2.05, 4.69) is 20.9 Å². The van der Waals surface area contributed by atoms with Crippen molar-refractivity contribution in [2.75, 3.05) is 0 Å². The van der Waals surface area contributed by atoms with Crippen LogP contribution in [0.15, 0.2) is 59.4 Å². The third-order valence-electron chi connectivity index (χ3n) is 2.18. The van der Waals surface area contributed by atoms with Gasteiger partial charge in [0.15, 0.2) is 0 Å². The van der Waals surface area contributed by atoms with Gasteiger partial charge in [0.2, 0.25) is 0 Å². The number of benzene rings is 1. The highest BCUT2D eigenvalue weighted by atomic mass is 79.9. The fraction of sp³-hybridized carbons (Fsp3) is 0.0714. The van der Waals surface area contributed by atoms with E-state index in [9.17, 15) is 0 Å². The maximum Gasteiger partial charge on any atom is 0.112 e. The van der Waals surface area contributed by atoms with Crippen LogP contribution >= 0.6 is 15.9 Å². The van der Waals surface area contributed by atoms with Gasteiger partial charge in [-0.3, -0.25) is 4.98 Å². The second-order valence-corrected chi connectivity index (χ2v) is 4.42. The Bertz CT molecular complexity index is 479. The molecule has 2 aromatic rings. The lowest BCUT2D eigenvalue weighted by Crippen LogP contribution is -1.85. The fourth-order valence-corrected chi connectivity index (χ4v) is 1.56. The van der Waals surface area contributed by atoms with Crippen LogP contribution in [0.25, 0.3) is 6.08 Å². The van der Waals surface area contributed by atoms with Gasteiger partial charge in [0.05, 0.1) is 12.0 Å². The van der Waals surface area contributed by atoms with Gasteiger partial charge < -0.3 is 4.74 Å². The molecule has 2 rings (SSSR count). The molecule has 1 heterocycles. The van der Waals surface area contributed by atoms with E-state index in [0.717, 1.165) is 15.7 Å². The van der Waals surface area contributed by atoms with Crippen molar-refractivity contribution >= 4 is 22.0 Å². The summed E-state index contributed by atoms with van der Waals surface area (Å²) in [5.41, 5.74) is 2.03. The van der Waals surface area contributed by atoms with Gasteiger partial charge in [-0.1, -0.05) is 30.3 Å². The van der Waals surface area contributed by atoms with Crippen LogP contribution in [0.5, 0.6) is 0 Å². The van der Waals surface area contributed by atoms with Gasteiger partial charge in [0.25, 0.3) is 0 Å². The van der Waals surface area contributed by atoms with Crippen LogP contribution in [-0.4, -0.2) is 4.98 Å². The molecule has 0 radical (unpaired) electrons. The van der Waals surface area contributed by atoms with Crippen LogP contribution in [0.2, 0.25) is 0 Å². The summed E-state index contributed by atoms with van der Waals surface area (Å²) >= 11 is 3.34. The number of aromatic nitrogens is 1. The van der Waals surface area contributed by atoms with E-state index in [1.54, 1.807) is 12.5 Å². The molecule has 1 aromatic heterocycles. The number of hydrogen-bond donors (Lipinski definition) is 0. The molecule has 3 heteroatoms. The van der Waals surface area contributed by atoms with Gasteiger partial charge in [-0.25, -0.2) is 0 Å². The summed E-state index contributed by atoms with van der Waals surface area (Å²) in [6, 6.07) is 13.9. The molecule has 0 saturated carbocycles. The van der Waals surface area contributed by atoms with Gasteiger partial charge in [-0.15, -0.1) is 0 Å². The summed E-state index contributed by atoms with van der Waals surface area (Å²) in [4.78, 5) is 4.21. The van der Waals surface area contributed by atoms with E-state index < -0.39 is 0 Å². The average molecular weight is 290 g/mol. The average Bonchev–Trinajstić information content (AvgIpc) is 2.38. The second-order valence-electron chi connectivity index (χ2n) is 3.50. The zero-order valence-electron chi connectivity index (χ0n) is 9.21. The van der Waals surface area contributed by atoms with Crippen molar-refractivity contribution in [3.05, 3.63) is 70.7 Å². The summed E-state index contributed by atoms with van der Waals surface area (Å²) in [5, 5.41) is 0. The van der Waals surface area contributed by atoms with E-state index in [1.165, 1.54) is 0 Å². The highest BCUT2D eigenvalue weighted by molar-refractivity contribution is 9.10. The van der Waals surface area contributed by atoms with E-state index >= 15 is 0 Å². The largest absolute Gasteiger partial charge is 0.496 e. The molecule has 1 aromatic carbocycles. The van der Waals surface area contributed by atoms with Crippen molar-refractivity contribution in [1.29, 1.82) is 0 Å². The van der Waals surface area contributed by atoms with E-state index in [1.807, 2.05) is 48.5 Å². The van der Waals surface area contributed by atoms with Gasteiger partial charge in [0.1, 0.15) is 6.61 Å². The van der Waals surface area contributed by atoms with Crippen molar-refractivity contribution in [2.24, 2.45) is 0 Å². The molecule has 0 atom stereocenters. The molecule has 0 fully saturated rings. The Kier molecular flexibility index (Phi) is 4.33. The zero-order valence-corrected chi connectivity index (χ0v) is 10.8. The molecule has 0 aliphatic heterocycles. The van der Waals surface area contributed by atoms with Crippen LogP contribution in [0.1, 0.15) is 11.3 Å². The molecule has 2 nitrogen and oxygen atoms in total. The Labute approximate surface area is 109 Å². The van der Waals surface area contributed by atoms with Crippen molar-refractivity contribution in [3.63, 3.8) is 0 Å². The molecule has 0 saturated heterocycles. The van der Waals surface area contributed by atoms with Crippen molar-refractivity contribution in [2.45, 2.75) is 6.61 Å². The zero-order chi connectivity index (χ0) is 11.9. The van der Waals surface area contributed by atoms with Crippen LogP contribution in [-0.2, 0) is 11.3 Å². The number of hydrogen-bond acceptors (Lipinski definition) is 2. The third kappa shape index (κ3) is 4.04. The smallest absolute Gasteiger partial charge is 0.112 e. The number of nitrogens with zero attached hydrogens (tertiary/aromatic N) is 1. The molecule has 0 N–H and O–H groups in total. The summed E-state index contributed by atoms with van der Waals surface area (Å²) in [5.74, 6) is 0. The first-order valence-electron chi connectivity index (χ1n) is 5.28. The Balaban J connectivity index is 1.84. The fourth-order valence-electron chi connectivity index (χ4n) is 1.32. The van der Waals surface area contributed by atoms with Crippen molar-refractivity contribution in [1.82, 2.24) is 4.98 Å². The van der Waals surface area contributed by atoms with Gasteiger partial charge in [0, 0.05) is 10.7 Å². The van der Waals surface area contributed by atoms with E-state index in [-0.39, 0.29) is 0 Å². The number of halogens is 1. The normalized spacial score (nSPS) is 10.6. The number of rotatable bonds is 4. The summed E-state index contributed by atoms with van der Waals surface area (Å²) in [6.45, 7) is 0.577. The quantitative estimate of drug-likeness (QED) is 0.793. The van der Waals surface area contributed by atoms with Gasteiger partial charge >= 0.3 is 0 Å². The first-order valence-corrected chi connectivity index (χ1v) is 6.07. The predicted molar refractivity (Wildman–Crippen MR) is 72.2 cm³/mol. The molecule has 86 valence electrons. The molecule has 0 aliphatic carbocycles. The summed E-state index contributed by atoms with van der Waals surface area (Å²) in [7, 11) is 0. The maximum absolute atomic E-state index is 5.42. The summed E-state index contributed by atoms with van der Waals surface area (Å²) in [6.07, 6.45) is 5.27. The van der Waals surface area contributed by atoms with Crippen molar-refractivity contribution < 1.29 is 4.74 Å². The lowest BCUT2D eigenvalue weighted by atomic mass is 10.2. The Hall–Kier alpha value is -1.61. The topological polar surface area (TPSA) is 22.1 Å². The highest BCUT2D eigenvalue weighted by Gasteiger charge is 1.90. The first kappa shape index (κ1) is 11.9. The Morgan fingerprint density at radius 3 is 2.65 bits per heavy atom. The van der Waals surface area contributed by atoms with Gasteiger partial charge in [-0.2, -0.15) is 0 Å². The Morgan fingerprint density at radius 2 is 1.94 bits per heavy atom. The first-order chi connectivity index (χ1) is 8.34. The van der Waals surface area contributed by atoms with Crippen LogP contribution in [0, 0.1) is 0 Å².